The fourth-order valence-electron chi connectivity index (χ4n) is 12.2. The fraction of sp³-hybridized carbons (Fsp3) is 0.312. The third-order valence-corrected chi connectivity index (χ3v) is 16.7. The molecule has 18 nitrogen and oxygen atoms in total. The van der Waals surface area contributed by atoms with Gasteiger partial charge in [-0.2, -0.15) is 0 Å². The third-order valence-electron chi connectivity index (χ3n) is 16.7. The molecular weight excluding hydrogens is 1410 g/mol. The zero-order valence-corrected chi connectivity index (χ0v) is 66.8. The summed E-state index contributed by atoms with van der Waals surface area (Å²) in [6.45, 7) is 32.3. The van der Waals surface area contributed by atoms with Crippen LogP contribution < -0.4 is 14.2 Å². The van der Waals surface area contributed by atoms with Crippen molar-refractivity contribution >= 4 is 47.2 Å². The molecule has 1 saturated carbocycles. The number of benzene rings is 10. The molecule has 0 bridgehead atoms. The van der Waals surface area contributed by atoms with Crippen LogP contribution in [0.1, 0.15) is 247 Å². The molecule has 4 aliphatic heterocycles. The predicted molar refractivity (Wildman–Crippen MR) is 436 cm³/mol. The molecular formula is C93H108O18. The van der Waals surface area contributed by atoms with Gasteiger partial charge in [0.2, 0.25) is 0 Å². The molecule has 5 N–H and O–H groups in total. The second-order valence-corrected chi connectivity index (χ2v) is 26.2. The van der Waals surface area contributed by atoms with Gasteiger partial charge in [-0.15, -0.1) is 0 Å². The van der Waals surface area contributed by atoms with Crippen LogP contribution in [0.5, 0.6) is 57.5 Å². The van der Waals surface area contributed by atoms with Crippen molar-refractivity contribution in [1.29, 1.82) is 0 Å². The monoisotopic (exact) mass is 1510 g/mol. The van der Waals surface area contributed by atoms with Crippen molar-refractivity contribution in [3.05, 3.63) is 274 Å². The van der Waals surface area contributed by atoms with Crippen molar-refractivity contribution in [1.82, 2.24) is 0 Å². The van der Waals surface area contributed by atoms with Crippen LogP contribution in [0.25, 0.3) is 10.8 Å². The van der Waals surface area contributed by atoms with Gasteiger partial charge in [0, 0.05) is 74.2 Å². The summed E-state index contributed by atoms with van der Waals surface area (Å²) in [4.78, 5) is 69.6. The van der Waals surface area contributed by atoms with E-state index in [0.29, 0.717) is 96.2 Å². The summed E-state index contributed by atoms with van der Waals surface area (Å²) in [5.74, 6) is 0.839. The Morgan fingerprint density at radius 3 is 1.18 bits per heavy atom. The van der Waals surface area contributed by atoms with Gasteiger partial charge in [0.15, 0.2) is 17.8 Å². The number of phenols is 5. The number of carbonyl (C=O) groups is 6. The highest BCUT2D eigenvalue weighted by atomic mass is 16.6. The lowest BCUT2D eigenvalue weighted by Crippen LogP contribution is -2.33. The van der Waals surface area contributed by atoms with E-state index in [1.54, 1.807) is 78.9 Å². The summed E-state index contributed by atoms with van der Waals surface area (Å²) >= 11 is 0. The van der Waals surface area contributed by atoms with Crippen LogP contribution in [0.3, 0.4) is 0 Å². The summed E-state index contributed by atoms with van der Waals surface area (Å²) in [5, 5.41) is 50.7. The maximum atomic E-state index is 12.5. The molecule has 10 aromatic rings. The van der Waals surface area contributed by atoms with Gasteiger partial charge in [0.25, 0.3) is 0 Å². The molecule has 0 aromatic heterocycles. The van der Waals surface area contributed by atoms with Crippen LogP contribution >= 0.6 is 0 Å². The lowest BCUT2D eigenvalue weighted by molar-refractivity contribution is -0.163. The number of carbonyl (C=O) groups excluding carboxylic acids is 6. The predicted octanol–water partition coefficient (Wildman–Crippen LogP) is 22.8. The maximum Gasteiger partial charge on any atom is 0.344 e. The highest BCUT2D eigenvalue weighted by Gasteiger charge is 2.55. The van der Waals surface area contributed by atoms with E-state index in [2.05, 4.69) is 41.5 Å². The smallest absolute Gasteiger partial charge is 0.344 e. The normalized spacial score (nSPS) is 13.2. The highest BCUT2D eigenvalue weighted by molar-refractivity contribution is 5.98. The summed E-state index contributed by atoms with van der Waals surface area (Å²) in [7, 11) is 0. The quantitative estimate of drug-likeness (QED) is 0.0537. The van der Waals surface area contributed by atoms with E-state index in [-0.39, 0.29) is 34.2 Å². The lowest BCUT2D eigenvalue weighted by Gasteiger charge is -2.36. The molecule has 15 rings (SSSR count). The molecule has 0 unspecified atom stereocenters. The van der Waals surface area contributed by atoms with Gasteiger partial charge in [0.05, 0.1) is 16.7 Å². The van der Waals surface area contributed by atoms with Crippen LogP contribution in [-0.4, -0.2) is 79.8 Å². The minimum absolute atomic E-state index is 0.0371. The summed E-state index contributed by atoms with van der Waals surface area (Å²) in [5.41, 5.74) is 3.43. The molecule has 0 atom stereocenters. The highest BCUT2D eigenvalue weighted by Crippen LogP contribution is 2.59. The molecule has 4 heterocycles. The summed E-state index contributed by atoms with van der Waals surface area (Å²) < 4.78 is 39.6. The Morgan fingerprint density at radius 1 is 0.450 bits per heavy atom. The average Bonchev–Trinajstić information content (AvgIpc) is 1.60. The van der Waals surface area contributed by atoms with E-state index in [0.717, 1.165) is 54.9 Å². The topological polar surface area (TPSA) is 268 Å². The molecule has 588 valence electrons. The van der Waals surface area contributed by atoms with E-state index in [1.165, 1.54) is 92.1 Å². The molecule has 18 heteroatoms. The number of hydrogen-bond donors (Lipinski definition) is 5. The van der Waals surface area contributed by atoms with Crippen LogP contribution in [0.4, 0.5) is 0 Å². The first-order valence-corrected chi connectivity index (χ1v) is 38.1. The number of fused-ring (bicyclic) bond motifs is 13. The largest absolute Gasteiger partial charge is 0.508 e. The van der Waals surface area contributed by atoms with Gasteiger partial charge in [-0.25, -0.2) is 19.2 Å². The van der Waals surface area contributed by atoms with Gasteiger partial charge in [-0.05, 0) is 161 Å². The minimum atomic E-state index is -1.17. The van der Waals surface area contributed by atoms with Crippen LogP contribution in [0.2, 0.25) is 0 Å². The van der Waals surface area contributed by atoms with E-state index in [1.807, 2.05) is 130 Å². The third kappa shape index (κ3) is 22.6. The first-order chi connectivity index (χ1) is 53.4. The maximum absolute atomic E-state index is 12.5. The number of aromatic hydroxyl groups is 5. The molecule has 0 saturated heterocycles. The first kappa shape index (κ1) is 89.7. The molecule has 1 fully saturated rings. The van der Waals surface area contributed by atoms with Crippen molar-refractivity contribution in [2.24, 2.45) is 0 Å². The van der Waals surface area contributed by atoms with Gasteiger partial charge >= 0.3 is 23.9 Å². The van der Waals surface area contributed by atoms with Crippen molar-refractivity contribution in [2.45, 2.75) is 185 Å². The van der Waals surface area contributed by atoms with Crippen molar-refractivity contribution in [3.8, 4) is 57.5 Å². The van der Waals surface area contributed by atoms with Gasteiger partial charge in [-0.3, -0.25) is 9.59 Å². The molecule has 1 aliphatic carbocycles. The molecule has 10 aromatic carbocycles. The Bertz CT molecular complexity index is 4380. The number of rotatable bonds is 8. The van der Waals surface area contributed by atoms with Gasteiger partial charge in [-0.1, -0.05) is 194 Å². The van der Waals surface area contributed by atoms with E-state index in [9.17, 15) is 54.3 Å². The Hall–Kier alpha value is -11.9. The molecule has 0 radical (unpaired) electrons. The second-order valence-electron chi connectivity index (χ2n) is 26.2. The first-order valence-electron chi connectivity index (χ1n) is 38.1. The van der Waals surface area contributed by atoms with E-state index < -0.39 is 41.7 Å². The molecule has 2 spiro atoms. The Kier molecular flexibility index (Phi) is 35.0. The summed E-state index contributed by atoms with van der Waals surface area (Å²) in [6, 6.07) is 59.6. The lowest BCUT2D eigenvalue weighted by atomic mass is 9.77. The van der Waals surface area contributed by atoms with E-state index >= 15 is 0 Å². The van der Waals surface area contributed by atoms with E-state index in [4.69, 9.17) is 33.2 Å². The zero-order chi connectivity index (χ0) is 82.1. The Balaban J connectivity index is 0.000000243. The van der Waals surface area contributed by atoms with Crippen LogP contribution in [0.15, 0.2) is 212 Å². The number of phenolic OH excluding ortho intramolecular Hbond substituents is 5. The van der Waals surface area contributed by atoms with Crippen molar-refractivity contribution < 1.29 is 87.5 Å². The van der Waals surface area contributed by atoms with Gasteiger partial charge in [0.1, 0.15) is 81.3 Å². The molecule has 111 heavy (non-hydrogen) atoms. The number of esters is 4. The number of hydrogen-bond acceptors (Lipinski definition) is 18. The van der Waals surface area contributed by atoms with Crippen molar-refractivity contribution in [3.63, 3.8) is 0 Å². The zero-order valence-electron chi connectivity index (χ0n) is 66.8. The van der Waals surface area contributed by atoms with Crippen molar-refractivity contribution in [2.75, 3.05) is 6.61 Å². The van der Waals surface area contributed by atoms with Crippen LogP contribution in [-0.2, 0) is 34.9 Å². The van der Waals surface area contributed by atoms with Gasteiger partial charge < -0.3 is 58.7 Å². The number of ether oxygens (including phenoxy) is 7. The number of aldehydes is 2. The molecule has 5 aliphatic rings. The van der Waals surface area contributed by atoms with Crippen LogP contribution in [0, 0.1) is 0 Å². The molecule has 0 amide bonds. The average molecular weight is 1510 g/mol. The Morgan fingerprint density at radius 2 is 0.811 bits per heavy atom. The second kappa shape index (κ2) is 43.3. The SMILES string of the molecule is CC.CC.CC.CC(C)(C)Oc1ccc(C=O)cc1.CCC.CCC.CCC.CCC1(OC(=O)COC(=O)c2ccc(C=O)cc2)CCCC1.O=C1OC2(c3ccc(O)cc3Oc3cc(O)ccc32)c2ccccc21.O=C1OC2(c3ccc(O)cc3Oc3cc(O)ccc32)c2ccccc21.Oc1cccc2ccccc12. The minimum Gasteiger partial charge on any atom is -0.508 e. The fourth-order valence-corrected chi connectivity index (χ4v) is 12.2. The standard InChI is InChI=1S/2C20H12O5.C17H20O5.C11H14O2.C10H8O.3C3H8.3C2H6/c2*21-11-5-7-15-17(9-11)24-18-10-12(22)6-8-16(18)20(15)14-4-2-1-3-13(14)19(23)25-20;1-2-17(9-3-4-10-17)22-15(19)12-21-16(20)14-7-5-13(11-18)6-8-14;1-11(2,3)13-10-6-4-9(8-12)5-7-10;11-10-7-3-5-8-4-1-2-6-9(8)10;3*1-3-2;3*1-2/h2*1-10,21-22H;5-8,11H,2-4,9-10,12H2,1H3;4-8H,1-3H3;1-7,11H;3*3H2,1-2H3;3*1-2H3. The Labute approximate surface area is 653 Å². The summed E-state index contributed by atoms with van der Waals surface area (Å²) in [6.07, 6.45) is 9.90.